The number of nitrogens with two attached hydrogens (primary N) is 1. The van der Waals surface area contributed by atoms with Crippen molar-refractivity contribution in [1.82, 2.24) is 5.32 Å². The average molecular weight is 429 g/mol. The number of hydrogen-bond donors (Lipinski definition) is 2. The van der Waals surface area contributed by atoms with Crippen LogP contribution in [0.25, 0.3) is 0 Å². The van der Waals surface area contributed by atoms with Crippen molar-refractivity contribution in [3.63, 3.8) is 0 Å². The monoisotopic (exact) mass is 428 g/mol. The maximum Gasteiger partial charge on any atom is 0.224 e. The van der Waals surface area contributed by atoms with E-state index in [1.807, 2.05) is 24.3 Å². The minimum Gasteiger partial charge on any atom is -0.497 e. The fourth-order valence-electron chi connectivity index (χ4n) is 4.00. The second-order valence-corrected chi connectivity index (χ2v) is 8.75. The molecule has 4 atom stereocenters. The highest BCUT2D eigenvalue weighted by Crippen LogP contribution is 2.32. The molecule has 1 unspecified atom stereocenters. The summed E-state index contributed by atoms with van der Waals surface area (Å²) in [5.41, 5.74) is 6.77. The van der Waals surface area contributed by atoms with E-state index in [0.29, 0.717) is 25.2 Å². The third kappa shape index (κ3) is 5.73. The Morgan fingerprint density at radius 1 is 1.23 bits per heavy atom. The molecule has 2 aliphatic rings. The Balaban J connectivity index is 1.78. The van der Waals surface area contributed by atoms with Crippen LogP contribution >= 0.6 is 0 Å². The summed E-state index contributed by atoms with van der Waals surface area (Å²) >= 11 is 0. The Hall–Kier alpha value is -2.67. The standard InChI is InChI=1S/C24H32N2O5/c1-15(22(25)28)19(12-17-8-10-18(30-3)11-9-17)23(29)26-20(13-16-6-4-5-7-16)21(27)24(2)14-31-24/h6,8-11,15,19-20H,4-5,7,12-14H2,1-3H3,(H2,25,28)(H,26,29)/t15?,19-,20-,24+/m0/s1. The number of benzene rings is 1. The molecule has 1 aliphatic carbocycles. The fraction of sp³-hybridized carbons (Fsp3) is 0.542. The van der Waals surface area contributed by atoms with Crippen molar-refractivity contribution >= 4 is 17.6 Å². The first-order chi connectivity index (χ1) is 14.7. The summed E-state index contributed by atoms with van der Waals surface area (Å²) in [4.78, 5) is 38.3. The van der Waals surface area contributed by atoms with Gasteiger partial charge in [0.2, 0.25) is 11.8 Å². The second-order valence-electron chi connectivity index (χ2n) is 8.75. The van der Waals surface area contributed by atoms with Crippen molar-refractivity contribution in [2.75, 3.05) is 13.7 Å². The molecule has 3 N–H and O–H groups in total. The van der Waals surface area contributed by atoms with Crippen molar-refractivity contribution in [3.8, 4) is 5.75 Å². The molecule has 7 heteroatoms. The first-order valence-electron chi connectivity index (χ1n) is 10.8. The molecule has 0 saturated carbocycles. The van der Waals surface area contributed by atoms with E-state index in [1.165, 1.54) is 5.57 Å². The topological polar surface area (TPSA) is 111 Å². The summed E-state index contributed by atoms with van der Waals surface area (Å²) in [6.07, 6.45) is 5.95. The van der Waals surface area contributed by atoms with Gasteiger partial charge in [-0.2, -0.15) is 0 Å². The number of hydrogen-bond acceptors (Lipinski definition) is 5. The lowest BCUT2D eigenvalue weighted by atomic mass is 9.85. The van der Waals surface area contributed by atoms with Crippen molar-refractivity contribution in [3.05, 3.63) is 41.5 Å². The number of primary amides is 1. The fourth-order valence-corrected chi connectivity index (χ4v) is 4.00. The van der Waals surface area contributed by atoms with Crippen LogP contribution in [0.1, 0.15) is 45.1 Å². The van der Waals surface area contributed by atoms with Crippen molar-refractivity contribution in [1.29, 1.82) is 0 Å². The summed E-state index contributed by atoms with van der Waals surface area (Å²) in [6, 6.07) is 6.66. The number of epoxide rings is 1. The number of ketones is 1. The minimum absolute atomic E-state index is 0.122. The van der Waals surface area contributed by atoms with Gasteiger partial charge in [0.1, 0.15) is 11.4 Å². The Labute approximate surface area is 183 Å². The first kappa shape index (κ1) is 23.0. The Morgan fingerprint density at radius 3 is 2.42 bits per heavy atom. The predicted molar refractivity (Wildman–Crippen MR) is 116 cm³/mol. The van der Waals surface area contributed by atoms with E-state index >= 15 is 0 Å². The molecular weight excluding hydrogens is 396 g/mol. The van der Waals surface area contributed by atoms with Crippen molar-refractivity contribution in [2.24, 2.45) is 17.6 Å². The van der Waals surface area contributed by atoms with Gasteiger partial charge in [-0.3, -0.25) is 14.4 Å². The smallest absolute Gasteiger partial charge is 0.224 e. The molecule has 3 rings (SSSR count). The van der Waals surface area contributed by atoms with Gasteiger partial charge in [0.05, 0.1) is 25.7 Å². The molecule has 0 radical (unpaired) electrons. The van der Waals surface area contributed by atoms with E-state index in [4.69, 9.17) is 15.2 Å². The molecule has 0 bridgehead atoms. The quantitative estimate of drug-likeness (QED) is 0.415. The molecule has 168 valence electrons. The number of methoxy groups -OCH3 is 1. The van der Waals surface area contributed by atoms with Crippen LogP contribution in [-0.2, 0) is 25.5 Å². The maximum absolute atomic E-state index is 13.3. The van der Waals surface area contributed by atoms with Crippen LogP contribution in [0.4, 0.5) is 0 Å². The molecule has 31 heavy (non-hydrogen) atoms. The van der Waals surface area contributed by atoms with Gasteiger partial charge in [0, 0.05) is 5.92 Å². The van der Waals surface area contributed by atoms with Gasteiger partial charge < -0.3 is 20.5 Å². The molecule has 0 aromatic heterocycles. The number of Topliss-reactive ketones (excluding diaryl/α,β-unsaturated/α-hetero) is 1. The third-order valence-electron chi connectivity index (χ3n) is 6.34. The lowest BCUT2D eigenvalue weighted by Gasteiger charge is -2.26. The molecule has 1 fully saturated rings. The summed E-state index contributed by atoms with van der Waals surface area (Å²) in [5, 5.41) is 2.93. The number of ether oxygens (including phenoxy) is 2. The molecule has 1 aromatic rings. The number of nitrogens with one attached hydrogen (secondary N) is 1. The third-order valence-corrected chi connectivity index (χ3v) is 6.34. The van der Waals surface area contributed by atoms with Gasteiger partial charge in [0.15, 0.2) is 5.78 Å². The molecule has 0 spiro atoms. The molecule has 1 aromatic carbocycles. The Kier molecular flexibility index (Phi) is 7.15. The lowest BCUT2D eigenvalue weighted by molar-refractivity contribution is -0.135. The number of carbonyl (C=O) groups excluding carboxylic acids is 3. The predicted octanol–water partition coefficient (Wildman–Crippen LogP) is 2.32. The number of amides is 2. The number of allylic oxidation sites excluding steroid dienone is 1. The maximum atomic E-state index is 13.3. The summed E-state index contributed by atoms with van der Waals surface area (Å²) in [6.45, 7) is 3.76. The minimum atomic E-state index is -0.835. The largest absolute Gasteiger partial charge is 0.497 e. The van der Waals surface area contributed by atoms with Gasteiger partial charge >= 0.3 is 0 Å². The van der Waals surface area contributed by atoms with Gasteiger partial charge in [-0.25, -0.2) is 0 Å². The van der Waals surface area contributed by atoms with E-state index < -0.39 is 29.4 Å². The first-order valence-corrected chi connectivity index (χ1v) is 10.8. The zero-order valence-electron chi connectivity index (χ0n) is 18.5. The van der Waals surface area contributed by atoms with Crippen LogP contribution in [0.5, 0.6) is 5.75 Å². The summed E-state index contributed by atoms with van der Waals surface area (Å²) in [5.74, 6) is -1.68. The van der Waals surface area contributed by atoms with Crippen LogP contribution in [0.15, 0.2) is 35.9 Å². The second kappa shape index (κ2) is 9.64. The van der Waals surface area contributed by atoms with E-state index in [2.05, 4.69) is 11.4 Å². The summed E-state index contributed by atoms with van der Waals surface area (Å²) in [7, 11) is 1.58. The van der Waals surface area contributed by atoms with Gasteiger partial charge in [-0.15, -0.1) is 0 Å². The Bertz CT molecular complexity index is 857. The van der Waals surface area contributed by atoms with E-state index in [9.17, 15) is 14.4 Å². The zero-order valence-corrected chi connectivity index (χ0v) is 18.5. The molecular formula is C24H32N2O5. The van der Waals surface area contributed by atoms with E-state index in [1.54, 1.807) is 21.0 Å². The van der Waals surface area contributed by atoms with Crippen molar-refractivity contribution in [2.45, 2.75) is 57.6 Å². The van der Waals surface area contributed by atoms with Gasteiger partial charge in [0.25, 0.3) is 0 Å². The van der Waals surface area contributed by atoms with E-state index in [-0.39, 0.29) is 11.7 Å². The number of carbonyl (C=O) groups is 3. The number of rotatable bonds is 11. The Morgan fingerprint density at radius 2 is 1.90 bits per heavy atom. The summed E-state index contributed by atoms with van der Waals surface area (Å²) < 4.78 is 10.5. The molecule has 1 saturated heterocycles. The van der Waals surface area contributed by atoms with Crippen LogP contribution in [0.2, 0.25) is 0 Å². The zero-order chi connectivity index (χ0) is 22.6. The molecule has 2 amide bonds. The van der Waals surface area contributed by atoms with Crippen LogP contribution in [0, 0.1) is 11.8 Å². The normalized spacial score (nSPS) is 22.7. The van der Waals surface area contributed by atoms with E-state index in [0.717, 1.165) is 24.8 Å². The highest BCUT2D eigenvalue weighted by Gasteiger charge is 2.50. The van der Waals surface area contributed by atoms with Crippen LogP contribution in [-0.4, -0.2) is 43.0 Å². The SMILES string of the molecule is COc1ccc(C[C@H](C(=O)N[C@@H](CC2=CCCC2)C(=O)[C@@]2(C)CO2)C(C)C(N)=O)cc1. The molecule has 7 nitrogen and oxygen atoms in total. The lowest BCUT2D eigenvalue weighted by Crippen LogP contribution is -2.50. The van der Waals surface area contributed by atoms with Crippen molar-refractivity contribution < 1.29 is 23.9 Å². The van der Waals surface area contributed by atoms with Gasteiger partial charge in [-0.1, -0.05) is 30.7 Å². The average Bonchev–Trinajstić information content (AvgIpc) is 3.30. The highest BCUT2D eigenvalue weighted by molar-refractivity contribution is 5.97. The highest BCUT2D eigenvalue weighted by atomic mass is 16.6. The van der Waals surface area contributed by atoms with Gasteiger partial charge in [-0.05, 0) is 56.7 Å². The molecule has 1 heterocycles. The molecule has 1 aliphatic heterocycles. The van der Waals surface area contributed by atoms with Crippen LogP contribution < -0.4 is 15.8 Å². The van der Waals surface area contributed by atoms with Crippen LogP contribution in [0.3, 0.4) is 0 Å².